The lowest BCUT2D eigenvalue weighted by atomic mass is 10.1. The molecule has 0 saturated heterocycles. The first-order chi connectivity index (χ1) is 9.04. The van der Waals surface area contributed by atoms with Crippen molar-refractivity contribution in [2.45, 2.75) is 46.1 Å². The Hall–Kier alpha value is -2.11. The molecule has 0 saturated carbocycles. The molecule has 0 amide bonds. The number of allylic oxidation sites excluding steroid dienone is 1. The first kappa shape index (κ1) is 17.9. The summed E-state index contributed by atoms with van der Waals surface area (Å²) in [5, 5.41) is 17.7. The molecule has 20 heavy (non-hydrogen) atoms. The molecule has 0 heterocycles. The lowest BCUT2D eigenvalue weighted by molar-refractivity contribution is -0.153. The van der Waals surface area contributed by atoms with Crippen molar-refractivity contribution in [1.29, 1.82) is 0 Å². The van der Waals surface area contributed by atoms with Gasteiger partial charge in [0.15, 0.2) is 0 Å². The molecule has 0 bridgehead atoms. The summed E-state index contributed by atoms with van der Waals surface area (Å²) in [6, 6.07) is 0. The molecule has 0 aliphatic heterocycles. The third-order valence-electron chi connectivity index (χ3n) is 2.22. The molecule has 0 aliphatic rings. The Labute approximate surface area is 117 Å². The van der Waals surface area contributed by atoms with Gasteiger partial charge in [0.25, 0.3) is 0 Å². The van der Waals surface area contributed by atoms with E-state index in [1.807, 2.05) is 0 Å². The minimum Gasteiger partial charge on any atom is -0.478 e. The average Bonchev–Trinajstić information content (AvgIpc) is 2.24. The van der Waals surface area contributed by atoms with Crippen LogP contribution in [0, 0.1) is 0 Å². The number of carbonyl (C=O) groups excluding carboxylic acids is 1. The molecule has 0 spiro atoms. The number of esters is 1. The molecule has 0 aromatic rings. The predicted octanol–water partition coefficient (Wildman–Crippen LogP) is 2.15. The van der Waals surface area contributed by atoms with Crippen LogP contribution in [0.3, 0.4) is 0 Å². The van der Waals surface area contributed by atoms with Crippen molar-refractivity contribution in [1.82, 2.24) is 0 Å². The van der Waals surface area contributed by atoms with Gasteiger partial charge in [0.1, 0.15) is 5.60 Å². The van der Waals surface area contributed by atoms with Crippen LogP contribution in [0.1, 0.15) is 40.5 Å². The van der Waals surface area contributed by atoms with E-state index in [9.17, 15) is 14.4 Å². The predicted molar refractivity (Wildman–Crippen MR) is 72.2 cm³/mol. The summed E-state index contributed by atoms with van der Waals surface area (Å²) in [4.78, 5) is 33.0. The molecule has 6 nitrogen and oxygen atoms in total. The molecule has 2 N–H and O–H groups in total. The number of ether oxygens (including phenoxy) is 1. The fourth-order valence-electron chi connectivity index (χ4n) is 1.29. The van der Waals surface area contributed by atoms with E-state index in [0.717, 1.165) is 0 Å². The van der Waals surface area contributed by atoms with Gasteiger partial charge in [0, 0.05) is 5.57 Å². The molecule has 0 radical (unpaired) electrons. The molecule has 0 aromatic carbocycles. The number of carboxylic acids is 2. The molecule has 0 aromatic heterocycles. The van der Waals surface area contributed by atoms with Gasteiger partial charge in [-0.15, -0.1) is 0 Å². The highest BCUT2D eigenvalue weighted by atomic mass is 16.6. The van der Waals surface area contributed by atoms with Crippen LogP contribution in [0.5, 0.6) is 0 Å². The second kappa shape index (κ2) is 7.47. The van der Waals surface area contributed by atoms with E-state index >= 15 is 0 Å². The van der Waals surface area contributed by atoms with Crippen LogP contribution in [-0.2, 0) is 19.1 Å². The molecule has 112 valence electrons. The number of rotatable bonds is 6. The van der Waals surface area contributed by atoms with Crippen molar-refractivity contribution in [3.05, 3.63) is 23.3 Å². The smallest absolute Gasteiger partial charge is 0.332 e. The Bertz CT molecular complexity index is 451. The third-order valence-corrected chi connectivity index (χ3v) is 2.22. The molecule has 0 aliphatic carbocycles. The van der Waals surface area contributed by atoms with Crippen LogP contribution in [0.4, 0.5) is 0 Å². The topological polar surface area (TPSA) is 101 Å². The van der Waals surface area contributed by atoms with Crippen LogP contribution < -0.4 is 0 Å². The average molecular weight is 284 g/mol. The summed E-state index contributed by atoms with van der Waals surface area (Å²) in [6.45, 7) is 6.47. The molecule has 0 rings (SSSR count). The number of aliphatic carboxylic acids is 2. The van der Waals surface area contributed by atoms with Crippen molar-refractivity contribution in [2.24, 2.45) is 0 Å². The van der Waals surface area contributed by atoms with E-state index in [0.29, 0.717) is 0 Å². The first-order valence-electron chi connectivity index (χ1n) is 6.07. The summed E-state index contributed by atoms with van der Waals surface area (Å²) in [5.41, 5.74) is -1.01. The van der Waals surface area contributed by atoms with E-state index < -0.39 is 23.5 Å². The minimum atomic E-state index is -1.29. The monoisotopic (exact) mass is 284 g/mol. The number of carbonyl (C=O) groups is 3. The molecular weight excluding hydrogens is 264 g/mol. The Morgan fingerprint density at radius 1 is 1.00 bits per heavy atom. The Kier molecular flexibility index (Phi) is 6.68. The molecule has 0 atom stereocenters. The summed E-state index contributed by atoms with van der Waals surface area (Å²) < 4.78 is 5.07. The molecule has 0 unspecified atom stereocenters. The number of hydrogen-bond acceptors (Lipinski definition) is 4. The van der Waals surface area contributed by atoms with Crippen molar-refractivity contribution in [3.8, 4) is 0 Å². The lowest BCUT2D eigenvalue weighted by Crippen LogP contribution is -2.23. The summed E-state index contributed by atoms with van der Waals surface area (Å²) in [7, 11) is 0. The van der Waals surface area contributed by atoms with Gasteiger partial charge in [-0.2, -0.15) is 0 Å². The van der Waals surface area contributed by atoms with Crippen molar-refractivity contribution >= 4 is 17.9 Å². The minimum absolute atomic E-state index is 0.0102. The van der Waals surface area contributed by atoms with E-state index in [2.05, 4.69) is 0 Å². The normalized spacial score (nSPS) is 13.0. The zero-order chi connectivity index (χ0) is 15.9. The maximum absolute atomic E-state index is 11.4. The Morgan fingerprint density at radius 3 is 1.90 bits per heavy atom. The second-order valence-electron chi connectivity index (χ2n) is 5.18. The van der Waals surface area contributed by atoms with Crippen molar-refractivity contribution < 1.29 is 29.3 Å². The first-order valence-corrected chi connectivity index (χ1v) is 6.07. The largest absolute Gasteiger partial charge is 0.478 e. The molecule has 0 fully saturated rings. The van der Waals surface area contributed by atoms with Gasteiger partial charge in [-0.25, -0.2) is 9.59 Å². The number of carboxylic acid groups (broad SMARTS) is 2. The maximum atomic E-state index is 11.4. The van der Waals surface area contributed by atoms with E-state index in [1.165, 1.54) is 19.1 Å². The van der Waals surface area contributed by atoms with Crippen LogP contribution in [0.25, 0.3) is 0 Å². The fourth-order valence-corrected chi connectivity index (χ4v) is 1.29. The third kappa shape index (κ3) is 7.35. The molecular formula is C14H20O6. The Morgan fingerprint density at radius 2 is 1.50 bits per heavy atom. The summed E-state index contributed by atoms with van der Waals surface area (Å²) in [6.07, 6.45) is 2.86. The van der Waals surface area contributed by atoms with E-state index in [1.54, 1.807) is 20.8 Å². The zero-order valence-electron chi connectivity index (χ0n) is 12.1. The van der Waals surface area contributed by atoms with Gasteiger partial charge in [-0.3, -0.25) is 4.79 Å². The summed E-state index contributed by atoms with van der Waals surface area (Å²) >= 11 is 0. The van der Waals surface area contributed by atoms with Crippen LogP contribution in [0.2, 0.25) is 0 Å². The van der Waals surface area contributed by atoms with E-state index in [-0.39, 0.29) is 24.0 Å². The zero-order valence-corrected chi connectivity index (χ0v) is 12.1. The highest BCUT2D eigenvalue weighted by Gasteiger charge is 2.16. The van der Waals surface area contributed by atoms with Gasteiger partial charge in [-0.05, 0) is 34.1 Å². The quantitative estimate of drug-likeness (QED) is 0.440. The maximum Gasteiger partial charge on any atom is 0.332 e. The Balaban J connectivity index is 4.57. The van der Waals surface area contributed by atoms with E-state index in [4.69, 9.17) is 14.9 Å². The van der Waals surface area contributed by atoms with Gasteiger partial charge < -0.3 is 14.9 Å². The van der Waals surface area contributed by atoms with Crippen LogP contribution >= 0.6 is 0 Å². The second-order valence-corrected chi connectivity index (χ2v) is 5.18. The SMILES string of the molecule is CC(C(=O)O)=C(CC=CCC(=O)OC(C)(C)C)C(=O)O. The van der Waals surface area contributed by atoms with Gasteiger partial charge in [0.2, 0.25) is 0 Å². The number of hydrogen-bond donors (Lipinski definition) is 2. The highest BCUT2D eigenvalue weighted by Crippen LogP contribution is 2.12. The van der Waals surface area contributed by atoms with Crippen LogP contribution in [0.15, 0.2) is 23.3 Å². The highest BCUT2D eigenvalue weighted by molar-refractivity contribution is 5.98. The van der Waals surface area contributed by atoms with Gasteiger partial charge >= 0.3 is 17.9 Å². The molecule has 6 heteroatoms. The standard InChI is InChI=1S/C14H20O6/c1-9(12(16)17)10(13(18)19)7-5-6-8-11(15)20-14(2,3)4/h5-6H,7-8H2,1-4H3,(H,16,17)(H,18,19). The van der Waals surface area contributed by atoms with Crippen molar-refractivity contribution in [3.63, 3.8) is 0 Å². The van der Waals surface area contributed by atoms with Crippen molar-refractivity contribution in [2.75, 3.05) is 0 Å². The summed E-state index contributed by atoms with van der Waals surface area (Å²) in [5.74, 6) is -2.99. The van der Waals surface area contributed by atoms with Gasteiger partial charge in [0.05, 0.1) is 12.0 Å². The lowest BCUT2D eigenvalue weighted by Gasteiger charge is -2.18. The van der Waals surface area contributed by atoms with Gasteiger partial charge in [-0.1, -0.05) is 12.2 Å². The van der Waals surface area contributed by atoms with Crippen LogP contribution in [-0.4, -0.2) is 33.7 Å². The fraction of sp³-hybridized carbons (Fsp3) is 0.500.